The molecule has 2 aromatic rings. The van der Waals surface area contributed by atoms with Crippen molar-refractivity contribution < 1.29 is 4.79 Å². The summed E-state index contributed by atoms with van der Waals surface area (Å²) in [5.41, 5.74) is 4.77. The molecule has 0 aliphatic heterocycles. The smallest absolute Gasteiger partial charge is 0.232 e. The van der Waals surface area contributed by atoms with Crippen molar-refractivity contribution >= 4 is 41.3 Å². The lowest BCUT2D eigenvalue weighted by molar-refractivity contribution is -0.107. The second kappa shape index (κ2) is 7.26. The number of carbonyl (C=O) groups is 1. The lowest BCUT2D eigenvalue weighted by Gasteiger charge is -2.20. The summed E-state index contributed by atoms with van der Waals surface area (Å²) >= 11 is 3.36. The van der Waals surface area contributed by atoms with Gasteiger partial charge in [-0.3, -0.25) is 10.2 Å². The second-order valence-electron chi connectivity index (χ2n) is 4.01. The molecule has 3 nitrogen and oxygen atoms in total. The van der Waals surface area contributed by atoms with Gasteiger partial charge in [-0.1, -0.05) is 0 Å². The van der Waals surface area contributed by atoms with Crippen molar-refractivity contribution in [2.75, 3.05) is 22.9 Å². The Balaban J connectivity index is 2.12. The number of benzene rings is 2. The molecule has 0 fully saturated rings. The fourth-order valence-corrected chi connectivity index (χ4v) is 2.52. The van der Waals surface area contributed by atoms with E-state index in [1.54, 1.807) is 23.5 Å². The molecule has 1 amide bonds. The van der Waals surface area contributed by atoms with E-state index in [2.05, 4.69) is 5.43 Å². The Morgan fingerprint density at radius 2 is 1.40 bits per heavy atom. The van der Waals surface area contributed by atoms with Gasteiger partial charge in [0.15, 0.2) is 0 Å². The van der Waals surface area contributed by atoms with E-state index in [9.17, 15) is 4.79 Å². The number of thioether (sulfide) groups is 2. The van der Waals surface area contributed by atoms with Crippen LogP contribution < -0.4 is 10.4 Å². The molecule has 0 aromatic heterocycles. The lowest BCUT2D eigenvalue weighted by atomic mass is 10.3. The highest BCUT2D eigenvalue weighted by Crippen LogP contribution is 2.22. The minimum Gasteiger partial charge on any atom is -0.292 e. The molecule has 2 rings (SSSR count). The van der Waals surface area contributed by atoms with Crippen molar-refractivity contribution in [1.29, 1.82) is 0 Å². The first-order chi connectivity index (χ1) is 9.76. The average Bonchev–Trinajstić information content (AvgIpc) is 2.53. The Morgan fingerprint density at radius 1 is 0.900 bits per heavy atom. The molecule has 0 spiro atoms. The van der Waals surface area contributed by atoms with Gasteiger partial charge in [-0.2, -0.15) is 0 Å². The minimum atomic E-state index is 0.774. The first kappa shape index (κ1) is 14.8. The van der Waals surface area contributed by atoms with Crippen LogP contribution in [0.4, 0.5) is 11.4 Å². The number of amides is 1. The number of nitrogens with one attached hydrogen (secondary N) is 1. The first-order valence-electron chi connectivity index (χ1n) is 6.06. The van der Waals surface area contributed by atoms with Crippen LogP contribution in [0.5, 0.6) is 0 Å². The molecule has 0 saturated heterocycles. The van der Waals surface area contributed by atoms with Gasteiger partial charge in [-0.15, -0.1) is 23.5 Å². The van der Waals surface area contributed by atoms with Crippen LogP contribution in [0.25, 0.3) is 0 Å². The molecule has 1 N–H and O–H groups in total. The van der Waals surface area contributed by atoms with Gasteiger partial charge in [0.1, 0.15) is 0 Å². The van der Waals surface area contributed by atoms with E-state index in [0.717, 1.165) is 17.8 Å². The third-order valence-corrected chi connectivity index (χ3v) is 4.28. The molecule has 2 aromatic carbocycles. The van der Waals surface area contributed by atoms with Crippen LogP contribution >= 0.6 is 23.5 Å². The summed E-state index contributed by atoms with van der Waals surface area (Å²) in [7, 11) is 0. The van der Waals surface area contributed by atoms with Crippen molar-refractivity contribution in [1.82, 2.24) is 0 Å². The van der Waals surface area contributed by atoms with Crippen molar-refractivity contribution in [3.8, 4) is 0 Å². The van der Waals surface area contributed by atoms with Gasteiger partial charge < -0.3 is 0 Å². The number of rotatable bonds is 6. The number of hydrazine groups is 1. The predicted molar refractivity (Wildman–Crippen MR) is 88.6 cm³/mol. The van der Waals surface area contributed by atoms with Crippen LogP contribution in [-0.4, -0.2) is 18.9 Å². The van der Waals surface area contributed by atoms with E-state index in [1.807, 2.05) is 61.0 Å². The Kier molecular flexibility index (Phi) is 5.38. The maximum atomic E-state index is 11.2. The molecular weight excluding hydrogens is 288 g/mol. The summed E-state index contributed by atoms with van der Waals surface area (Å²) < 4.78 is 0. The van der Waals surface area contributed by atoms with Crippen molar-refractivity contribution in [2.24, 2.45) is 0 Å². The van der Waals surface area contributed by atoms with E-state index < -0.39 is 0 Å². The van der Waals surface area contributed by atoms with Crippen LogP contribution in [0, 0.1) is 0 Å². The van der Waals surface area contributed by atoms with Crippen LogP contribution in [0.1, 0.15) is 0 Å². The number of anilines is 2. The van der Waals surface area contributed by atoms with E-state index >= 15 is 0 Å². The predicted octanol–water partition coefficient (Wildman–Crippen LogP) is 4.12. The summed E-state index contributed by atoms with van der Waals surface area (Å²) in [5, 5.41) is 1.47. The van der Waals surface area contributed by atoms with Gasteiger partial charge in [-0.25, -0.2) is 5.01 Å². The maximum absolute atomic E-state index is 11.2. The highest BCUT2D eigenvalue weighted by atomic mass is 32.2. The molecule has 0 saturated carbocycles. The highest BCUT2D eigenvalue weighted by Gasteiger charge is 2.05. The fourth-order valence-electron chi connectivity index (χ4n) is 1.70. The topological polar surface area (TPSA) is 32.3 Å². The van der Waals surface area contributed by atoms with Crippen molar-refractivity contribution in [3.05, 3.63) is 48.5 Å². The van der Waals surface area contributed by atoms with Gasteiger partial charge in [0.05, 0.1) is 11.4 Å². The summed E-state index contributed by atoms with van der Waals surface area (Å²) in [6, 6.07) is 15.8. The number of nitrogens with zero attached hydrogens (tertiary/aromatic N) is 1. The number of hydrogen-bond donors (Lipinski definition) is 1. The monoisotopic (exact) mass is 304 g/mol. The van der Waals surface area contributed by atoms with Gasteiger partial charge in [-0.05, 0) is 61.0 Å². The standard InChI is InChI=1S/C15H16N2OS2/c1-19-14-7-3-12(4-8-14)16-17(11-18)13-5-9-15(20-2)10-6-13/h3-11,16H,1-2H3. The zero-order chi connectivity index (χ0) is 14.4. The zero-order valence-electron chi connectivity index (χ0n) is 11.4. The third-order valence-electron chi connectivity index (χ3n) is 2.80. The maximum Gasteiger partial charge on any atom is 0.232 e. The molecule has 0 aliphatic carbocycles. The fraction of sp³-hybridized carbons (Fsp3) is 0.133. The highest BCUT2D eigenvalue weighted by molar-refractivity contribution is 7.98. The largest absolute Gasteiger partial charge is 0.292 e. The molecule has 0 aliphatic rings. The van der Waals surface area contributed by atoms with Crippen LogP contribution in [0.3, 0.4) is 0 Å². The quantitative estimate of drug-likeness (QED) is 0.494. The summed E-state index contributed by atoms with van der Waals surface area (Å²) in [4.78, 5) is 13.6. The van der Waals surface area contributed by atoms with Gasteiger partial charge >= 0.3 is 0 Å². The summed E-state index contributed by atoms with van der Waals surface area (Å²) in [6.07, 6.45) is 4.84. The van der Waals surface area contributed by atoms with E-state index in [4.69, 9.17) is 0 Å². The summed E-state index contributed by atoms with van der Waals surface area (Å²) in [5.74, 6) is 0. The van der Waals surface area contributed by atoms with Crippen LogP contribution in [0.2, 0.25) is 0 Å². The average molecular weight is 304 g/mol. The molecule has 5 heteroatoms. The molecule has 104 valence electrons. The Bertz CT molecular complexity index is 555. The third kappa shape index (κ3) is 3.71. The van der Waals surface area contributed by atoms with E-state index in [1.165, 1.54) is 14.8 Å². The zero-order valence-corrected chi connectivity index (χ0v) is 13.0. The van der Waals surface area contributed by atoms with Gasteiger partial charge in [0.2, 0.25) is 6.41 Å². The van der Waals surface area contributed by atoms with E-state index in [-0.39, 0.29) is 0 Å². The number of hydrogen-bond acceptors (Lipinski definition) is 4. The Labute approximate surface area is 127 Å². The molecule has 0 heterocycles. The van der Waals surface area contributed by atoms with Crippen LogP contribution in [0.15, 0.2) is 58.3 Å². The molecule has 0 radical (unpaired) electrons. The normalized spacial score (nSPS) is 10.1. The van der Waals surface area contributed by atoms with Crippen molar-refractivity contribution in [3.63, 3.8) is 0 Å². The Hall–Kier alpha value is -1.59. The van der Waals surface area contributed by atoms with Gasteiger partial charge in [0, 0.05) is 9.79 Å². The molecule has 0 atom stereocenters. The first-order valence-corrected chi connectivity index (χ1v) is 8.51. The van der Waals surface area contributed by atoms with Crippen LogP contribution in [-0.2, 0) is 4.79 Å². The number of carbonyl (C=O) groups excluding carboxylic acids is 1. The Morgan fingerprint density at radius 3 is 1.85 bits per heavy atom. The molecule has 20 heavy (non-hydrogen) atoms. The second-order valence-corrected chi connectivity index (χ2v) is 5.77. The SMILES string of the molecule is CSc1ccc(NN(C=O)c2ccc(SC)cc2)cc1. The van der Waals surface area contributed by atoms with E-state index in [0.29, 0.717) is 0 Å². The van der Waals surface area contributed by atoms with Crippen molar-refractivity contribution in [2.45, 2.75) is 9.79 Å². The minimum absolute atomic E-state index is 0.774. The molecule has 0 unspecified atom stereocenters. The molecule has 0 bridgehead atoms. The molecular formula is C15H16N2OS2. The summed E-state index contributed by atoms with van der Waals surface area (Å²) in [6.45, 7) is 0. The van der Waals surface area contributed by atoms with Gasteiger partial charge in [0.25, 0.3) is 0 Å². The lowest BCUT2D eigenvalue weighted by Crippen LogP contribution is -2.27.